The molecule has 0 bridgehead atoms. The van der Waals surface area contributed by atoms with Gasteiger partial charge in [0.25, 0.3) is 5.56 Å². The smallest absolute Gasteiger partial charge is 0.258 e. The van der Waals surface area contributed by atoms with Gasteiger partial charge in [-0.3, -0.25) is 14.2 Å². The molecule has 3 aromatic rings. The monoisotopic (exact) mass is 381 g/mol. The molecular formula is C20H19N3O3S. The van der Waals surface area contributed by atoms with Gasteiger partial charge in [0.2, 0.25) is 11.8 Å². The number of rotatable bonds is 6. The number of carbonyl (C=O) groups excluding carboxylic acids is 1. The van der Waals surface area contributed by atoms with E-state index in [1.165, 1.54) is 4.57 Å². The van der Waals surface area contributed by atoms with Crippen LogP contribution in [0.3, 0.4) is 0 Å². The highest BCUT2D eigenvalue weighted by Gasteiger charge is 2.12. The van der Waals surface area contributed by atoms with Gasteiger partial charge >= 0.3 is 0 Å². The van der Waals surface area contributed by atoms with Crippen molar-refractivity contribution in [1.29, 1.82) is 0 Å². The molecule has 0 aliphatic rings. The zero-order valence-electron chi connectivity index (χ0n) is 14.8. The third-order valence-electron chi connectivity index (χ3n) is 3.81. The third-order valence-corrected chi connectivity index (χ3v) is 4.79. The second kappa shape index (κ2) is 8.55. The van der Waals surface area contributed by atoms with E-state index in [4.69, 9.17) is 0 Å². The van der Waals surface area contributed by atoms with Gasteiger partial charge in [0.05, 0.1) is 18.4 Å². The predicted molar refractivity (Wildman–Crippen MR) is 106 cm³/mol. The van der Waals surface area contributed by atoms with E-state index >= 15 is 0 Å². The number of aromatic hydroxyl groups is 1. The highest BCUT2D eigenvalue weighted by molar-refractivity contribution is 7.99. The summed E-state index contributed by atoms with van der Waals surface area (Å²) in [4.78, 5) is 28.5. The highest BCUT2D eigenvalue weighted by Crippen LogP contribution is 2.18. The molecule has 0 fully saturated rings. The summed E-state index contributed by atoms with van der Waals surface area (Å²) in [5, 5.41) is 12.8. The number of benzene rings is 2. The molecule has 6 nitrogen and oxygen atoms in total. The lowest BCUT2D eigenvalue weighted by Crippen LogP contribution is -2.23. The first kappa shape index (κ1) is 18.7. The van der Waals surface area contributed by atoms with Crippen molar-refractivity contribution in [2.45, 2.75) is 18.6 Å². The average molecular weight is 381 g/mol. The first-order valence-electron chi connectivity index (χ1n) is 8.35. The van der Waals surface area contributed by atoms with Crippen molar-refractivity contribution in [3.8, 4) is 5.88 Å². The summed E-state index contributed by atoms with van der Waals surface area (Å²) in [5.74, 6) is -0.503. The summed E-state index contributed by atoms with van der Waals surface area (Å²) in [6, 6.07) is 18.0. The van der Waals surface area contributed by atoms with E-state index in [0.29, 0.717) is 17.4 Å². The van der Waals surface area contributed by atoms with Crippen LogP contribution >= 0.6 is 11.8 Å². The second-order valence-electron chi connectivity index (χ2n) is 6.01. The summed E-state index contributed by atoms with van der Waals surface area (Å²) < 4.78 is 1.44. The minimum Gasteiger partial charge on any atom is -0.493 e. The van der Waals surface area contributed by atoms with Crippen LogP contribution in [0.15, 0.2) is 70.6 Å². The largest absolute Gasteiger partial charge is 0.493 e. The maximum atomic E-state index is 12.3. The molecule has 2 aromatic carbocycles. The summed E-state index contributed by atoms with van der Waals surface area (Å²) in [6.07, 6.45) is 0. The van der Waals surface area contributed by atoms with Gasteiger partial charge in [-0.2, -0.15) is 4.98 Å². The Bertz CT molecular complexity index is 986. The number of carbonyl (C=O) groups is 1. The first-order valence-corrected chi connectivity index (χ1v) is 9.34. The van der Waals surface area contributed by atoms with Gasteiger partial charge < -0.3 is 10.4 Å². The van der Waals surface area contributed by atoms with Crippen molar-refractivity contribution in [3.63, 3.8) is 0 Å². The fourth-order valence-electron chi connectivity index (χ4n) is 2.46. The van der Waals surface area contributed by atoms with Gasteiger partial charge in [0, 0.05) is 5.69 Å². The number of aromatic nitrogens is 2. The molecule has 0 aliphatic carbocycles. The minimum absolute atomic E-state index is 0.0680. The van der Waals surface area contributed by atoms with Gasteiger partial charge in [0.1, 0.15) is 0 Å². The van der Waals surface area contributed by atoms with Crippen molar-refractivity contribution in [2.75, 3.05) is 11.1 Å². The van der Waals surface area contributed by atoms with Gasteiger partial charge in [-0.15, -0.1) is 0 Å². The molecule has 3 rings (SSSR count). The number of anilines is 1. The topological polar surface area (TPSA) is 84.2 Å². The van der Waals surface area contributed by atoms with Gasteiger partial charge in [-0.25, -0.2) is 0 Å². The normalized spacial score (nSPS) is 10.6. The molecule has 0 atom stereocenters. The van der Waals surface area contributed by atoms with E-state index in [0.717, 1.165) is 29.0 Å². The van der Waals surface area contributed by atoms with Crippen LogP contribution in [0.5, 0.6) is 5.88 Å². The highest BCUT2D eigenvalue weighted by atomic mass is 32.2. The zero-order valence-corrected chi connectivity index (χ0v) is 15.6. The van der Waals surface area contributed by atoms with Crippen molar-refractivity contribution in [3.05, 3.63) is 82.1 Å². The van der Waals surface area contributed by atoms with E-state index in [2.05, 4.69) is 10.3 Å². The van der Waals surface area contributed by atoms with Gasteiger partial charge in [-0.1, -0.05) is 59.8 Å². The van der Waals surface area contributed by atoms with Crippen LogP contribution in [-0.2, 0) is 11.3 Å². The van der Waals surface area contributed by atoms with Crippen molar-refractivity contribution < 1.29 is 9.90 Å². The Labute approximate surface area is 160 Å². The van der Waals surface area contributed by atoms with Crippen LogP contribution in [0, 0.1) is 6.92 Å². The van der Waals surface area contributed by atoms with Crippen molar-refractivity contribution in [2.24, 2.45) is 0 Å². The van der Waals surface area contributed by atoms with E-state index in [9.17, 15) is 14.7 Å². The van der Waals surface area contributed by atoms with Crippen LogP contribution in [0.1, 0.15) is 11.1 Å². The lowest BCUT2D eigenvalue weighted by molar-refractivity contribution is -0.113. The van der Waals surface area contributed by atoms with Crippen LogP contribution < -0.4 is 10.9 Å². The fraction of sp³-hybridized carbons (Fsp3) is 0.150. The molecule has 1 aromatic heterocycles. The lowest BCUT2D eigenvalue weighted by atomic mass is 10.2. The number of nitrogens with one attached hydrogen (secondary N) is 1. The summed E-state index contributed by atoms with van der Waals surface area (Å²) in [6.45, 7) is 2.29. The number of thioether (sulfide) groups is 1. The molecule has 2 N–H and O–H groups in total. The van der Waals surface area contributed by atoms with E-state index in [1.54, 1.807) is 0 Å². The molecule has 1 amide bonds. The SMILES string of the molecule is Cc1ccc(NC(=O)CSc2nc(O)cc(=O)n2Cc2ccccc2)cc1. The van der Waals surface area contributed by atoms with Crippen LogP contribution in [0.2, 0.25) is 0 Å². The molecule has 1 heterocycles. The lowest BCUT2D eigenvalue weighted by Gasteiger charge is -2.12. The molecule has 0 spiro atoms. The van der Waals surface area contributed by atoms with Crippen LogP contribution in [-0.4, -0.2) is 26.3 Å². The van der Waals surface area contributed by atoms with E-state index < -0.39 is 0 Å². The molecule has 7 heteroatoms. The number of amides is 1. The number of hydrogen-bond acceptors (Lipinski definition) is 5. The molecule has 0 radical (unpaired) electrons. The van der Waals surface area contributed by atoms with E-state index in [-0.39, 0.29) is 23.1 Å². The van der Waals surface area contributed by atoms with Crippen molar-refractivity contribution >= 4 is 23.4 Å². The van der Waals surface area contributed by atoms with E-state index in [1.807, 2.05) is 61.5 Å². The number of hydrogen-bond donors (Lipinski definition) is 2. The zero-order chi connectivity index (χ0) is 19.2. The number of aryl methyl sites for hydroxylation is 1. The molecule has 0 aliphatic heterocycles. The first-order chi connectivity index (χ1) is 13.0. The Morgan fingerprint density at radius 1 is 1.15 bits per heavy atom. The Hall–Kier alpha value is -3.06. The number of nitrogens with zero attached hydrogens (tertiary/aromatic N) is 2. The molecule has 0 saturated carbocycles. The fourth-order valence-corrected chi connectivity index (χ4v) is 3.26. The summed E-state index contributed by atoms with van der Waals surface area (Å²) in [7, 11) is 0. The van der Waals surface area contributed by atoms with Crippen molar-refractivity contribution in [1.82, 2.24) is 9.55 Å². The molecule has 0 unspecified atom stereocenters. The second-order valence-corrected chi connectivity index (χ2v) is 6.95. The molecule has 27 heavy (non-hydrogen) atoms. The minimum atomic E-state index is -0.368. The average Bonchev–Trinajstić information content (AvgIpc) is 2.65. The van der Waals surface area contributed by atoms with Gasteiger partial charge in [-0.05, 0) is 24.6 Å². The Balaban J connectivity index is 1.72. The Morgan fingerprint density at radius 2 is 1.85 bits per heavy atom. The molecule has 138 valence electrons. The van der Waals surface area contributed by atoms with Crippen LogP contribution in [0.25, 0.3) is 0 Å². The standard InChI is InChI=1S/C20H19N3O3S/c1-14-7-9-16(10-8-14)21-18(25)13-27-20-22-17(24)11-19(26)23(20)12-15-5-3-2-4-6-15/h2-11,24H,12-13H2,1H3,(H,21,25). The maximum absolute atomic E-state index is 12.3. The Kier molecular flexibility index (Phi) is 5.93. The van der Waals surface area contributed by atoms with Gasteiger partial charge in [0.15, 0.2) is 5.16 Å². The summed E-state index contributed by atoms with van der Waals surface area (Å²) >= 11 is 1.10. The molecule has 0 saturated heterocycles. The predicted octanol–water partition coefficient (Wildman–Crippen LogP) is 3.04. The molecular weight excluding hydrogens is 362 g/mol. The Morgan fingerprint density at radius 3 is 2.56 bits per heavy atom. The summed E-state index contributed by atoms with van der Waals surface area (Å²) in [5.41, 5.74) is 2.37. The van der Waals surface area contributed by atoms with Crippen LogP contribution in [0.4, 0.5) is 5.69 Å². The quantitative estimate of drug-likeness (QED) is 0.506. The third kappa shape index (κ3) is 5.21. The maximum Gasteiger partial charge on any atom is 0.258 e.